The fraction of sp³-hybridized carbons (Fsp3) is 0.476. The number of hydrazine groups is 1. The van der Waals surface area contributed by atoms with Crippen LogP contribution in [0.15, 0.2) is 42.7 Å². The Kier molecular flexibility index (Phi) is 5.13. The van der Waals surface area contributed by atoms with Gasteiger partial charge in [0.05, 0.1) is 18.3 Å². The molecular weight excluding hydrogens is 366 g/mol. The summed E-state index contributed by atoms with van der Waals surface area (Å²) in [6.07, 6.45) is 5.71. The van der Waals surface area contributed by atoms with Gasteiger partial charge in [0.2, 0.25) is 5.91 Å². The summed E-state index contributed by atoms with van der Waals surface area (Å²) in [6.45, 7) is 2.84. The van der Waals surface area contributed by atoms with E-state index in [1.165, 1.54) is 5.56 Å². The molecule has 3 aliphatic heterocycles. The number of hydrogen-bond donors (Lipinski definition) is 4. The summed E-state index contributed by atoms with van der Waals surface area (Å²) in [4.78, 5) is 23.3. The third-order valence-corrected chi connectivity index (χ3v) is 6.21. The minimum absolute atomic E-state index is 0.0630. The maximum Gasteiger partial charge on any atom is 0.239 e. The maximum atomic E-state index is 12.0. The lowest BCUT2D eigenvalue weighted by Crippen LogP contribution is -2.46. The van der Waals surface area contributed by atoms with Crippen LogP contribution >= 0.6 is 0 Å². The van der Waals surface area contributed by atoms with E-state index in [0.29, 0.717) is 24.5 Å². The van der Waals surface area contributed by atoms with Crippen molar-refractivity contribution in [2.45, 2.75) is 31.0 Å². The first-order valence-electron chi connectivity index (χ1n) is 10.4. The summed E-state index contributed by atoms with van der Waals surface area (Å²) < 4.78 is 0. The van der Waals surface area contributed by atoms with Crippen LogP contribution in [0.2, 0.25) is 0 Å². The van der Waals surface area contributed by atoms with Crippen LogP contribution in [0, 0.1) is 5.92 Å². The van der Waals surface area contributed by atoms with Crippen molar-refractivity contribution < 1.29 is 4.79 Å². The average molecular weight is 393 g/mol. The monoisotopic (exact) mass is 393 g/mol. The van der Waals surface area contributed by atoms with Gasteiger partial charge in [-0.25, -0.2) is 10.4 Å². The molecule has 29 heavy (non-hydrogen) atoms. The molecule has 152 valence electrons. The van der Waals surface area contributed by atoms with Gasteiger partial charge in [0.15, 0.2) is 0 Å². The highest BCUT2D eigenvalue weighted by Crippen LogP contribution is 2.38. The molecule has 5 rings (SSSR count). The molecule has 8 nitrogen and oxygen atoms in total. The third kappa shape index (κ3) is 3.83. The molecule has 0 saturated carbocycles. The predicted octanol–water partition coefficient (Wildman–Crippen LogP) is 0.671. The summed E-state index contributed by atoms with van der Waals surface area (Å²) >= 11 is 0. The summed E-state index contributed by atoms with van der Waals surface area (Å²) in [7, 11) is 0. The molecule has 4 unspecified atom stereocenters. The van der Waals surface area contributed by atoms with E-state index in [-0.39, 0.29) is 11.9 Å². The lowest BCUT2D eigenvalue weighted by Gasteiger charge is -2.34. The quantitative estimate of drug-likeness (QED) is 0.609. The van der Waals surface area contributed by atoms with Crippen LogP contribution in [0.25, 0.3) is 0 Å². The topological polar surface area (TPSA) is 94.2 Å². The van der Waals surface area contributed by atoms with E-state index >= 15 is 0 Å². The first-order chi connectivity index (χ1) is 14.3. The third-order valence-electron chi connectivity index (χ3n) is 6.21. The van der Waals surface area contributed by atoms with Crippen molar-refractivity contribution >= 4 is 11.7 Å². The largest absolute Gasteiger partial charge is 0.354 e. The van der Waals surface area contributed by atoms with Crippen molar-refractivity contribution in [3.8, 4) is 0 Å². The molecule has 4 atom stereocenters. The van der Waals surface area contributed by atoms with E-state index < -0.39 is 0 Å². The number of amides is 1. The SMILES string of the molecule is O=C1CN(c2cccc(C3NNC4CNC(c5cccnc5)CC43)n2)CCCN1. The van der Waals surface area contributed by atoms with Crippen LogP contribution in [-0.2, 0) is 4.79 Å². The number of carbonyl (C=O) groups excluding carboxylic acids is 1. The second-order valence-corrected chi connectivity index (χ2v) is 8.07. The van der Waals surface area contributed by atoms with Crippen LogP contribution in [0.1, 0.15) is 36.2 Å². The average Bonchev–Trinajstić information content (AvgIpc) is 3.07. The van der Waals surface area contributed by atoms with E-state index in [9.17, 15) is 4.79 Å². The zero-order valence-corrected chi connectivity index (χ0v) is 16.3. The summed E-state index contributed by atoms with van der Waals surface area (Å²) in [5.41, 5.74) is 9.18. The zero-order chi connectivity index (χ0) is 19.6. The van der Waals surface area contributed by atoms with Gasteiger partial charge in [0, 0.05) is 50.0 Å². The molecule has 3 fully saturated rings. The van der Waals surface area contributed by atoms with E-state index in [2.05, 4.69) is 49.6 Å². The predicted molar refractivity (Wildman–Crippen MR) is 110 cm³/mol. The van der Waals surface area contributed by atoms with Gasteiger partial charge in [-0.15, -0.1) is 0 Å². The van der Waals surface area contributed by atoms with Crippen molar-refractivity contribution in [3.63, 3.8) is 0 Å². The molecule has 0 aromatic carbocycles. The first kappa shape index (κ1) is 18.5. The van der Waals surface area contributed by atoms with Crippen LogP contribution in [0.3, 0.4) is 0 Å². The number of anilines is 1. The number of aromatic nitrogens is 2. The molecule has 3 saturated heterocycles. The van der Waals surface area contributed by atoms with Crippen molar-refractivity contribution in [3.05, 3.63) is 54.0 Å². The number of nitrogens with zero attached hydrogens (tertiary/aromatic N) is 3. The molecule has 2 aromatic heterocycles. The maximum absolute atomic E-state index is 12.0. The molecule has 0 aliphatic carbocycles. The first-order valence-corrected chi connectivity index (χ1v) is 10.4. The van der Waals surface area contributed by atoms with Crippen LogP contribution in [-0.4, -0.2) is 48.1 Å². The Labute approximate surface area is 170 Å². The van der Waals surface area contributed by atoms with Crippen molar-refractivity contribution in [2.75, 3.05) is 31.1 Å². The second kappa shape index (κ2) is 8.06. The fourth-order valence-corrected chi connectivity index (χ4v) is 4.69. The molecule has 4 N–H and O–H groups in total. The minimum atomic E-state index is 0.0630. The van der Waals surface area contributed by atoms with E-state index in [1.54, 1.807) is 0 Å². The highest BCUT2D eigenvalue weighted by molar-refractivity contribution is 5.81. The lowest BCUT2D eigenvalue weighted by atomic mass is 9.81. The zero-order valence-electron chi connectivity index (χ0n) is 16.3. The van der Waals surface area contributed by atoms with Crippen molar-refractivity contribution in [1.82, 2.24) is 31.5 Å². The number of piperidine rings is 1. The van der Waals surface area contributed by atoms with E-state index in [0.717, 1.165) is 44.0 Å². The molecular formula is C21H27N7O. The number of carbonyl (C=O) groups is 1. The van der Waals surface area contributed by atoms with E-state index in [1.807, 2.05) is 24.5 Å². The number of nitrogens with one attached hydrogen (secondary N) is 4. The standard InChI is InChI=1S/C21H27N7O/c29-20-13-28(9-3-8-23-20)19-6-1-5-16(25-19)21-15-10-17(14-4-2-7-22-11-14)24-12-18(15)26-27-21/h1-2,4-7,11,15,17-18,21,24,26-27H,3,8-10,12-13H2,(H,23,29). The van der Waals surface area contributed by atoms with Gasteiger partial charge < -0.3 is 15.5 Å². The second-order valence-electron chi connectivity index (χ2n) is 8.07. The lowest BCUT2D eigenvalue weighted by molar-refractivity contribution is -0.119. The Balaban J connectivity index is 1.36. The van der Waals surface area contributed by atoms with Crippen LogP contribution in [0.5, 0.6) is 0 Å². The summed E-state index contributed by atoms with van der Waals surface area (Å²) in [6, 6.07) is 11.1. The highest BCUT2D eigenvalue weighted by atomic mass is 16.2. The Morgan fingerprint density at radius 1 is 1.14 bits per heavy atom. The molecule has 2 aromatic rings. The molecule has 0 bridgehead atoms. The van der Waals surface area contributed by atoms with Crippen molar-refractivity contribution in [1.29, 1.82) is 0 Å². The molecule has 0 spiro atoms. The Hall–Kier alpha value is -2.55. The van der Waals surface area contributed by atoms with Gasteiger partial charge in [-0.2, -0.15) is 0 Å². The van der Waals surface area contributed by atoms with Gasteiger partial charge in [-0.3, -0.25) is 15.2 Å². The summed E-state index contributed by atoms with van der Waals surface area (Å²) in [5.74, 6) is 1.37. The normalized spacial score (nSPS) is 29.8. The van der Waals surface area contributed by atoms with Crippen LogP contribution in [0.4, 0.5) is 5.82 Å². The Morgan fingerprint density at radius 3 is 3.00 bits per heavy atom. The molecule has 1 amide bonds. The highest BCUT2D eigenvalue weighted by Gasteiger charge is 2.42. The van der Waals surface area contributed by atoms with Gasteiger partial charge in [-0.05, 0) is 36.6 Å². The number of pyridine rings is 2. The minimum Gasteiger partial charge on any atom is -0.354 e. The molecule has 8 heteroatoms. The fourth-order valence-electron chi connectivity index (χ4n) is 4.69. The number of rotatable bonds is 3. The van der Waals surface area contributed by atoms with Crippen LogP contribution < -0.4 is 26.4 Å². The molecule has 3 aliphatic rings. The Morgan fingerprint density at radius 2 is 2.10 bits per heavy atom. The summed E-state index contributed by atoms with van der Waals surface area (Å²) in [5, 5.41) is 6.57. The number of fused-ring (bicyclic) bond motifs is 1. The Bertz CT molecular complexity index is 861. The van der Waals surface area contributed by atoms with Crippen molar-refractivity contribution in [2.24, 2.45) is 5.92 Å². The van der Waals surface area contributed by atoms with E-state index in [4.69, 9.17) is 4.98 Å². The molecule has 5 heterocycles. The van der Waals surface area contributed by atoms with Gasteiger partial charge in [-0.1, -0.05) is 12.1 Å². The molecule has 0 radical (unpaired) electrons. The number of hydrogen-bond acceptors (Lipinski definition) is 7. The smallest absolute Gasteiger partial charge is 0.239 e. The van der Waals surface area contributed by atoms with Gasteiger partial charge >= 0.3 is 0 Å². The van der Waals surface area contributed by atoms with Gasteiger partial charge in [0.1, 0.15) is 5.82 Å². The van der Waals surface area contributed by atoms with Gasteiger partial charge in [0.25, 0.3) is 0 Å².